The van der Waals surface area contributed by atoms with E-state index in [-0.39, 0.29) is 54.9 Å². The number of carbonyl (C=O) groups excluding carboxylic acids is 2. The van der Waals surface area contributed by atoms with E-state index >= 15 is 0 Å². The van der Waals surface area contributed by atoms with Crippen molar-refractivity contribution in [3.8, 4) is 0 Å². The molecule has 3 N–H and O–H groups in total. The fraction of sp³-hybridized carbons (Fsp3) is 0.867. The molecule has 0 radical (unpaired) electrons. The van der Waals surface area contributed by atoms with Crippen molar-refractivity contribution < 1.29 is 18.0 Å². The van der Waals surface area contributed by atoms with Gasteiger partial charge in [-0.05, 0) is 25.2 Å². The second kappa shape index (κ2) is 10.9. The van der Waals surface area contributed by atoms with E-state index in [1.807, 2.05) is 13.8 Å². The van der Waals surface area contributed by atoms with Crippen LogP contribution < -0.4 is 11.1 Å². The molecule has 2 amide bonds. The maximum absolute atomic E-state index is 12.4. The number of carbonyl (C=O) groups is 2. The lowest BCUT2D eigenvalue weighted by Crippen LogP contribution is -2.51. The average molecular weight is 384 g/mol. The van der Waals surface area contributed by atoms with Gasteiger partial charge >= 0.3 is 0 Å². The number of piperidine rings is 1. The summed E-state index contributed by atoms with van der Waals surface area (Å²) in [4.78, 5) is 25.5. The third-order valence-corrected chi connectivity index (χ3v) is 5.65. The van der Waals surface area contributed by atoms with E-state index in [2.05, 4.69) is 5.32 Å². The Labute approximate surface area is 151 Å². The zero-order valence-electron chi connectivity index (χ0n) is 14.5. The van der Waals surface area contributed by atoms with Crippen LogP contribution in [0.4, 0.5) is 0 Å². The first kappa shape index (κ1) is 23.1. The van der Waals surface area contributed by atoms with Crippen molar-refractivity contribution >= 4 is 34.1 Å². The molecular weight excluding hydrogens is 354 g/mol. The summed E-state index contributed by atoms with van der Waals surface area (Å²) in [5, 5.41) is 2.77. The Morgan fingerprint density at radius 2 is 1.96 bits per heavy atom. The van der Waals surface area contributed by atoms with Gasteiger partial charge in [0.25, 0.3) is 0 Å². The van der Waals surface area contributed by atoms with Crippen LogP contribution in [0, 0.1) is 5.92 Å². The molecule has 0 aliphatic carbocycles. The second-order valence-electron chi connectivity index (χ2n) is 6.53. The highest BCUT2D eigenvalue weighted by Gasteiger charge is 2.30. The Hall–Kier alpha value is -0.860. The summed E-state index contributed by atoms with van der Waals surface area (Å²) in [5.41, 5.74) is 5.33. The van der Waals surface area contributed by atoms with Crippen LogP contribution in [-0.4, -0.2) is 62.3 Å². The minimum Gasteiger partial charge on any atom is -0.354 e. The minimum atomic E-state index is -3.39. The zero-order valence-corrected chi connectivity index (χ0v) is 16.1. The van der Waals surface area contributed by atoms with Gasteiger partial charge in [-0.3, -0.25) is 9.59 Å². The Balaban J connectivity index is 0.00000529. The van der Waals surface area contributed by atoms with Gasteiger partial charge in [0.05, 0.1) is 5.75 Å². The van der Waals surface area contributed by atoms with Crippen LogP contribution in [0.15, 0.2) is 0 Å². The topological polar surface area (TPSA) is 110 Å². The van der Waals surface area contributed by atoms with Crippen LogP contribution in [0.1, 0.15) is 39.5 Å². The summed E-state index contributed by atoms with van der Waals surface area (Å²) in [5.74, 6) is -0.926. The normalized spacial score (nSPS) is 18.2. The molecule has 24 heavy (non-hydrogen) atoms. The lowest BCUT2D eigenvalue weighted by molar-refractivity contribution is -0.132. The molecule has 1 fully saturated rings. The second-order valence-corrected chi connectivity index (χ2v) is 8.64. The van der Waals surface area contributed by atoms with E-state index < -0.39 is 15.6 Å². The third-order valence-electron chi connectivity index (χ3n) is 3.78. The van der Waals surface area contributed by atoms with Crippen LogP contribution in [0.2, 0.25) is 0 Å². The summed E-state index contributed by atoms with van der Waals surface area (Å²) >= 11 is 0. The lowest BCUT2D eigenvalue weighted by atomic mass is 10.0. The monoisotopic (exact) mass is 383 g/mol. The third kappa shape index (κ3) is 8.30. The quantitative estimate of drug-likeness (QED) is 0.627. The van der Waals surface area contributed by atoms with E-state index in [0.717, 1.165) is 19.3 Å². The molecule has 142 valence electrons. The maximum atomic E-state index is 12.4. The molecule has 1 aliphatic rings. The van der Waals surface area contributed by atoms with Gasteiger partial charge in [-0.1, -0.05) is 13.8 Å². The Morgan fingerprint density at radius 1 is 1.29 bits per heavy atom. The molecule has 9 heteroatoms. The van der Waals surface area contributed by atoms with Crippen LogP contribution in [0.25, 0.3) is 0 Å². The van der Waals surface area contributed by atoms with Gasteiger partial charge in [-0.15, -0.1) is 12.4 Å². The van der Waals surface area contributed by atoms with Crippen molar-refractivity contribution in [2.75, 3.05) is 31.1 Å². The fourth-order valence-corrected chi connectivity index (χ4v) is 4.51. The molecule has 1 rings (SSSR count). The molecule has 0 spiro atoms. The van der Waals surface area contributed by atoms with E-state index in [0.29, 0.717) is 13.1 Å². The van der Waals surface area contributed by atoms with Crippen molar-refractivity contribution in [3.63, 3.8) is 0 Å². The Kier molecular flexibility index (Phi) is 10.5. The van der Waals surface area contributed by atoms with E-state index in [1.165, 1.54) is 0 Å². The van der Waals surface area contributed by atoms with Gasteiger partial charge < -0.3 is 16.0 Å². The number of rotatable bonds is 8. The molecule has 0 aromatic carbocycles. The lowest BCUT2D eigenvalue weighted by Gasteiger charge is -2.36. The molecule has 0 aromatic heterocycles. The first-order valence-electron chi connectivity index (χ1n) is 8.22. The van der Waals surface area contributed by atoms with Gasteiger partial charge in [0.2, 0.25) is 11.8 Å². The smallest absolute Gasteiger partial charge is 0.238 e. The Bertz CT molecular complexity index is 511. The first-order valence-corrected chi connectivity index (χ1v) is 10.0. The molecule has 1 saturated heterocycles. The van der Waals surface area contributed by atoms with Crippen LogP contribution in [-0.2, 0) is 19.4 Å². The number of sulfone groups is 1. The van der Waals surface area contributed by atoms with Crippen LogP contribution >= 0.6 is 12.4 Å². The summed E-state index contributed by atoms with van der Waals surface area (Å²) in [6.07, 6.45) is 2.87. The van der Waals surface area contributed by atoms with Gasteiger partial charge in [0, 0.05) is 32.1 Å². The van der Waals surface area contributed by atoms with Crippen molar-refractivity contribution in [2.45, 2.75) is 45.6 Å². The molecule has 0 aromatic rings. The van der Waals surface area contributed by atoms with Gasteiger partial charge in [-0.25, -0.2) is 8.42 Å². The van der Waals surface area contributed by atoms with Crippen molar-refractivity contribution in [3.05, 3.63) is 0 Å². The number of nitrogens with one attached hydrogen (secondary N) is 1. The van der Waals surface area contributed by atoms with Gasteiger partial charge in [0.15, 0.2) is 9.84 Å². The minimum absolute atomic E-state index is 0. The van der Waals surface area contributed by atoms with Gasteiger partial charge in [0.1, 0.15) is 5.75 Å². The standard InChI is InChI=1S/C15H29N3O4S.ClH/c1-12(2)10-23(21,22)11-15(20)18-8-4-3-5-13(18)9-17-14(19)6-7-16;/h12-13H,3-11,16H2,1-2H3,(H,17,19);1H. The fourth-order valence-electron chi connectivity index (χ4n) is 2.83. The SMILES string of the molecule is CC(C)CS(=O)(=O)CC(=O)N1CCCCC1CNC(=O)CCN.Cl. The van der Waals surface area contributed by atoms with E-state index in [4.69, 9.17) is 5.73 Å². The molecule has 1 atom stereocenters. The number of halogens is 1. The highest BCUT2D eigenvalue weighted by molar-refractivity contribution is 7.92. The van der Waals surface area contributed by atoms with Crippen LogP contribution in [0.5, 0.6) is 0 Å². The number of hydrogen-bond donors (Lipinski definition) is 2. The molecule has 1 aliphatic heterocycles. The van der Waals surface area contributed by atoms with Crippen LogP contribution in [0.3, 0.4) is 0 Å². The van der Waals surface area contributed by atoms with Crippen molar-refractivity contribution in [1.29, 1.82) is 0 Å². The van der Waals surface area contributed by atoms with Gasteiger partial charge in [-0.2, -0.15) is 0 Å². The molecule has 0 saturated carbocycles. The summed E-state index contributed by atoms with van der Waals surface area (Å²) < 4.78 is 24.0. The predicted molar refractivity (Wildman–Crippen MR) is 96.8 cm³/mol. The predicted octanol–water partition coefficient (Wildman–Crippen LogP) is 0.325. The summed E-state index contributed by atoms with van der Waals surface area (Å²) in [6.45, 7) is 4.83. The van der Waals surface area contributed by atoms with Crippen molar-refractivity contribution in [1.82, 2.24) is 10.2 Å². The largest absolute Gasteiger partial charge is 0.354 e. The molecule has 1 heterocycles. The molecule has 0 bridgehead atoms. The molecule has 1 unspecified atom stereocenters. The number of hydrogen-bond acceptors (Lipinski definition) is 5. The van der Waals surface area contributed by atoms with Crippen molar-refractivity contribution in [2.24, 2.45) is 11.7 Å². The zero-order chi connectivity index (χ0) is 17.5. The number of nitrogens with two attached hydrogens (primary N) is 1. The van der Waals surface area contributed by atoms with E-state index in [9.17, 15) is 18.0 Å². The maximum Gasteiger partial charge on any atom is 0.238 e. The highest BCUT2D eigenvalue weighted by Crippen LogP contribution is 2.17. The first-order chi connectivity index (χ1) is 10.7. The van der Waals surface area contributed by atoms with E-state index in [1.54, 1.807) is 4.90 Å². The summed E-state index contributed by atoms with van der Waals surface area (Å²) in [7, 11) is -3.39. The summed E-state index contributed by atoms with van der Waals surface area (Å²) in [6, 6.07) is -0.132. The molecular formula is C15H30ClN3O4S. The number of nitrogens with zero attached hydrogens (tertiary/aromatic N) is 1. The average Bonchev–Trinajstić information content (AvgIpc) is 2.43. The number of likely N-dealkylation sites (tertiary alicyclic amines) is 1. The highest BCUT2D eigenvalue weighted by atomic mass is 35.5. The Morgan fingerprint density at radius 3 is 2.54 bits per heavy atom. The number of amides is 2. The molecule has 7 nitrogen and oxygen atoms in total.